The molecule has 0 bridgehead atoms. The zero-order chi connectivity index (χ0) is 12.3. The van der Waals surface area contributed by atoms with Crippen molar-refractivity contribution in [1.29, 1.82) is 0 Å². The minimum Gasteiger partial charge on any atom is -0.432 e. The Morgan fingerprint density at radius 3 is 2.76 bits per heavy atom. The number of anilines is 1. The SMILES string of the molecule is CCN1CCC(N(C)c2nc(CCl)co2)CC1. The van der Waals surface area contributed by atoms with E-state index in [4.69, 9.17) is 16.0 Å². The average Bonchev–Trinajstić information content (AvgIpc) is 2.87. The second-order valence-corrected chi connectivity index (χ2v) is 4.80. The maximum atomic E-state index is 5.72. The van der Waals surface area contributed by atoms with Crippen LogP contribution in [0.15, 0.2) is 10.7 Å². The van der Waals surface area contributed by atoms with Crippen molar-refractivity contribution in [3.8, 4) is 0 Å². The van der Waals surface area contributed by atoms with Crippen molar-refractivity contribution >= 4 is 17.6 Å². The lowest BCUT2D eigenvalue weighted by Crippen LogP contribution is -2.43. The van der Waals surface area contributed by atoms with Crippen LogP contribution in [0.5, 0.6) is 0 Å². The van der Waals surface area contributed by atoms with E-state index < -0.39 is 0 Å². The van der Waals surface area contributed by atoms with Gasteiger partial charge in [0.15, 0.2) is 0 Å². The van der Waals surface area contributed by atoms with Gasteiger partial charge in [0.05, 0.1) is 11.6 Å². The van der Waals surface area contributed by atoms with Crippen molar-refractivity contribution in [3.63, 3.8) is 0 Å². The van der Waals surface area contributed by atoms with Crippen molar-refractivity contribution in [1.82, 2.24) is 9.88 Å². The summed E-state index contributed by atoms with van der Waals surface area (Å²) in [6.07, 6.45) is 3.98. The quantitative estimate of drug-likeness (QED) is 0.775. The van der Waals surface area contributed by atoms with E-state index >= 15 is 0 Å². The Bertz CT molecular complexity index is 347. The van der Waals surface area contributed by atoms with E-state index in [0.29, 0.717) is 17.9 Å². The van der Waals surface area contributed by atoms with E-state index in [9.17, 15) is 0 Å². The maximum absolute atomic E-state index is 5.72. The highest BCUT2D eigenvalue weighted by atomic mass is 35.5. The third kappa shape index (κ3) is 2.93. The van der Waals surface area contributed by atoms with Gasteiger partial charge < -0.3 is 14.2 Å². The Morgan fingerprint density at radius 2 is 2.24 bits per heavy atom. The number of likely N-dealkylation sites (tertiary alicyclic amines) is 1. The Balaban J connectivity index is 1.94. The lowest BCUT2D eigenvalue weighted by atomic mass is 10.0. The third-order valence-electron chi connectivity index (χ3n) is 3.53. The van der Waals surface area contributed by atoms with Gasteiger partial charge in [-0.25, -0.2) is 0 Å². The summed E-state index contributed by atoms with van der Waals surface area (Å²) in [5.74, 6) is 0.408. The molecule has 1 aromatic heterocycles. The van der Waals surface area contributed by atoms with Crippen molar-refractivity contribution in [2.75, 3.05) is 31.6 Å². The van der Waals surface area contributed by atoms with Gasteiger partial charge in [0.1, 0.15) is 6.26 Å². The lowest BCUT2D eigenvalue weighted by Gasteiger charge is -2.35. The summed E-state index contributed by atoms with van der Waals surface area (Å²) in [5, 5.41) is 0. The molecule has 2 heterocycles. The van der Waals surface area contributed by atoms with Crippen molar-refractivity contribution in [2.24, 2.45) is 0 Å². The molecular formula is C12H20ClN3O. The normalized spacial score (nSPS) is 18.5. The molecule has 0 N–H and O–H groups in total. The number of oxazole rings is 1. The molecule has 96 valence electrons. The third-order valence-corrected chi connectivity index (χ3v) is 3.80. The summed E-state index contributed by atoms with van der Waals surface area (Å²) in [5.41, 5.74) is 0.805. The summed E-state index contributed by atoms with van der Waals surface area (Å²) < 4.78 is 5.44. The van der Waals surface area contributed by atoms with Gasteiger partial charge in [-0.3, -0.25) is 0 Å². The maximum Gasteiger partial charge on any atom is 0.297 e. The largest absolute Gasteiger partial charge is 0.432 e. The van der Waals surface area contributed by atoms with Gasteiger partial charge in [0.2, 0.25) is 0 Å². The number of piperidine rings is 1. The minimum absolute atomic E-state index is 0.408. The van der Waals surface area contributed by atoms with Crippen LogP contribution in [0.2, 0.25) is 0 Å². The minimum atomic E-state index is 0.408. The van der Waals surface area contributed by atoms with Gasteiger partial charge in [-0.2, -0.15) is 4.98 Å². The molecule has 4 nitrogen and oxygen atoms in total. The highest BCUT2D eigenvalue weighted by Gasteiger charge is 2.24. The first-order valence-corrected chi connectivity index (χ1v) is 6.73. The fourth-order valence-electron chi connectivity index (χ4n) is 2.30. The zero-order valence-electron chi connectivity index (χ0n) is 10.5. The summed E-state index contributed by atoms with van der Waals surface area (Å²) in [6, 6.07) is 1.22. The first kappa shape index (κ1) is 12.7. The lowest BCUT2D eigenvalue weighted by molar-refractivity contribution is 0.218. The van der Waals surface area contributed by atoms with Crippen LogP contribution in [0.25, 0.3) is 0 Å². The highest BCUT2D eigenvalue weighted by Crippen LogP contribution is 2.21. The van der Waals surface area contributed by atoms with Crippen LogP contribution < -0.4 is 4.90 Å². The van der Waals surface area contributed by atoms with Gasteiger partial charge >= 0.3 is 0 Å². The van der Waals surface area contributed by atoms with E-state index in [-0.39, 0.29) is 0 Å². The Labute approximate surface area is 108 Å². The van der Waals surface area contributed by atoms with E-state index in [0.717, 1.165) is 25.3 Å². The molecule has 0 unspecified atom stereocenters. The Hall–Kier alpha value is -0.740. The topological polar surface area (TPSA) is 32.5 Å². The molecule has 0 atom stereocenters. The first-order chi connectivity index (χ1) is 8.24. The standard InChI is InChI=1S/C12H20ClN3O/c1-3-16-6-4-11(5-7-16)15(2)12-14-10(8-13)9-17-12/h9,11H,3-8H2,1-2H3. The predicted octanol–water partition coefficient (Wildman–Crippen LogP) is 2.33. The number of halogens is 1. The van der Waals surface area contributed by atoms with Gasteiger partial charge in [-0.15, -0.1) is 11.6 Å². The number of aromatic nitrogens is 1. The summed E-state index contributed by atoms with van der Waals surface area (Å²) >= 11 is 5.72. The molecule has 1 aliphatic heterocycles. The van der Waals surface area contributed by atoms with E-state index in [1.165, 1.54) is 12.8 Å². The van der Waals surface area contributed by atoms with Crippen molar-refractivity contribution in [3.05, 3.63) is 12.0 Å². The molecule has 0 spiro atoms. The molecule has 0 saturated carbocycles. The monoisotopic (exact) mass is 257 g/mol. The molecule has 0 aliphatic carbocycles. The smallest absolute Gasteiger partial charge is 0.297 e. The van der Waals surface area contributed by atoms with Crippen LogP contribution >= 0.6 is 11.6 Å². The molecule has 1 aliphatic rings. The van der Waals surface area contributed by atoms with Crippen LogP contribution in [0.4, 0.5) is 6.01 Å². The molecular weight excluding hydrogens is 238 g/mol. The average molecular weight is 258 g/mol. The zero-order valence-corrected chi connectivity index (χ0v) is 11.3. The van der Waals surface area contributed by atoms with Gasteiger partial charge in [0.25, 0.3) is 6.01 Å². The molecule has 0 radical (unpaired) electrons. The number of rotatable bonds is 4. The van der Waals surface area contributed by atoms with Crippen LogP contribution in [-0.2, 0) is 5.88 Å². The molecule has 1 aromatic rings. The molecule has 17 heavy (non-hydrogen) atoms. The number of hydrogen-bond acceptors (Lipinski definition) is 4. The summed E-state index contributed by atoms with van der Waals surface area (Å²) in [4.78, 5) is 8.97. The number of alkyl halides is 1. The number of nitrogens with zero attached hydrogens (tertiary/aromatic N) is 3. The van der Waals surface area contributed by atoms with Crippen LogP contribution in [0, 0.1) is 0 Å². The number of hydrogen-bond donors (Lipinski definition) is 0. The molecule has 1 fully saturated rings. The van der Waals surface area contributed by atoms with Crippen LogP contribution in [-0.4, -0.2) is 42.6 Å². The fourth-order valence-corrected chi connectivity index (χ4v) is 2.42. The highest BCUT2D eigenvalue weighted by molar-refractivity contribution is 6.16. The predicted molar refractivity (Wildman–Crippen MR) is 69.6 cm³/mol. The van der Waals surface area contributed by atoms with Gasteiger partial charge in [-0.1, -0.05) is 6.92 Å². The fraction of sp³-hybridized carbons (Fsp3) is 0.750. The van der Waals surface area contributed by atoms with Gasteiger partial charge in [-0.05, 0) is 19.4 Å². The molecule has 0 aromatic carbocycles. The van der Waals surface area contributed by atoms with Crippen molar-refractivity contribution in [2.45, 2.75) is 31.7 Å². The second kappa shape index (κ2) is 5.74. The van der Waals surface area contributed by atoms with E-state index in [2.05, 4.69) is 28.8 Å². The van der Waals surface area contributed by atoms with Crippen LogP contribution in [0.3, 0.4) is 0 Å². The van der Waals surface area contributed by atoms with Crippen LogP contribution in [0.1, 0.15) is 25.5 Å². The van der Waals surface area contributed by atoms with Crippen molar-refractivity contribution < 1.29 is 4.42 Å². The Morgan fingerprint density at radius 1 is 1.53 bits per heavy atom. The Kier molecular flexibility index (Phi) is 4.29. The summed E-state index contributed by atoms with van der Waals surface area (Å²) in [7, 11) is 2.05. The van der Waals surface area contributed by atoms with E-state index in [1.54, 1.807) is 6.26 Å². The first-order valence-electron chi connectivity index (χ1n) is 6.20. The molecule has 5 heteroatoms. The molecule has 1 saturated heterocycles. The van der Waals surface area contributed by atoms with Gasteiger partial charge in [0, 0.05) is 26.2 Å². The second-order valence-electron chi connectivity index (χ2n) is 4.53. The van der Waals surface area contributed by atoms with E-state index in [1.807, 2.05) is 0 Å². The summed E-state index contributed by atoms with van der Waals surface area (Å²) in [6.45, 7) is 5.68. The molecule has 2 rings (SSSR count). The molecule has 0 amide bonds.